The van der Waals surface area contributed by atoms with E-state index in [-0.39, 0.29) is 25.0 Å². The Morgan fingerprint density at radius 1 is 1.15 bits per heavy atom. The molecule has 140 valence electrons. The largest absolute Gasteiger partial charge is 0.496 e. The van der Waals surface area contributed by atoms with Crippen molar-refractivity contribution >= 4 is 29.1 Å². The van der Waals surface area contributed by atoms with Gasteiger partial charge in [-0.1, -0.05) is 29.5 Å². The number of carbonyl (C=O) groups excluding carboxylic acids is 2. The first-order valence-corrected chi connectivity index (χ1v) is 8.45. The third-order valence-electron chi connectivity index (χ3n) is 3.33. The summed E-state index contributed by atoms with van der Waals surface area (Å²) in [6, 6.07) is 11.8. The van der Waals surface area contributed by atoms with E-state index in [1.54, 1.807) is 36.4 Å². The average Bonchev–Trinajstić information content (AvgIpc) is 2.64. The number of ether oxygens (including phenoxy) is 2. The number of anilines is 1. The van der Waals surface area contributed by atoms with Gasteiger partial charge in [0.15, 0.2) is 0 Å². The fourth-order valence-electron chi connectivity index (χ4n) is 2.18. The zero-order valence-electron chi connectivity index (χ0n) is 15.0. The second-order valence-electron chi connectivity index (χ2n) is 5.38. The Morgan fingerprint density at radius 2 is 1.96 bits per heavy atom. The molecule has 0 saturated carbocycles. The third-order valence-corrected chi connectivity index (χ3v) is 3.57. The minimum absolute atomic E-state index is 0.153. The van der Waals surface area contributed by atoms with Gasteiger partial charge in [-0.15, -0.1) is 0 Å². The lowest BCUT2D eigenvalue weighted by Crippen LogP contribution is -2.24. The lowest BCUT2D eigenvalue weighted by molar-refractivity contribution is -0.114. The van der Waals surface area contributed by atoms with Crippen LogP contribution in [0, 0.1) is 11.8 Å². The molecule has 7 heteroatoms. The molecule has 2 N–H and O–H groups in total. The number of amides is 2. The topological polar surface area (TPSA) is 76.7 Å². The Kier molecular flexibility index (Phi) is 7.53. The van der Waals surface area contributed by atoms with Crippen molar-refractivity contribution in [1.82, 2.24) is 5.32 Å². The van der Waals surface area contributed by atoms with Gasteiger partial charge in [0.1, 0.15) is 18.1 Å². The molecule has 2 aromatic carbocycles. The van der Waals surface area contributed by atoms with Crippen molar-refractivity contribution in [3.05, 3.63) is 53.1 Å². The number of halogens is 1. The molecule has 2 rings (SSSR count). The summed E-state index contributed by atoms with van der Waals surface area (Å²) in [5.74, 6) is 6.16. The molecule has 2 amide bonds. The Bertz CT molecular complexity index is 887. The molecule has 0 radical (unpaired) electrons. The van der Waals surface area contributed by atoms with Gasteiger partial charge in [0.2, 0.25) is 5.91 Å². The van der Waals surface area contributed by atoms with E-state index >= 15 is 0 Å². The summed E-state index contributed by atoms with van der Waals surface area (Å²) in [4.78, 5) is 23.2. The van der Waals surface area contributed by atoms with E-state index in [4.69, 9.17) is 21.1 Å². The minimum atomic E-state index is -0.326. The summed E-state index contributed by atoms with van der Waals surface area (Å²) in [5.41, 5.74) is 0.994. The Labute approximate surface area is 162 Å². The van der Waals surface area contributed by atoms with Gasteiger partial charge in [-0.2, -0.15) is 0 Å². The molecule has 0 bridgehead atoms. The van der Waals surface area contributed by atoms with E-state index < -0.39 is 0 Å². The van der Waals surface area contributed by atoms with Crippen LogP contribution >= 0.6 is 11.6 Å². The molecule has 0 spiro atoms. The van der Waals surface area contributed by atoms with E-state index in [0.29, 0.717) is 27.8 Å². The lowest BCUT2D eigenvalue weighted by Gasteiger charge is -2.08. The van der Waals surface area contributed by atoms with Crippen molar-refractivity contribution in [2.24, 2.45) is 0 Å². The number of hydrogen-bond acceptors (Lipinski definition) is 4. The maximum atomic E-state index is 12.2. The monoisotopic (exact) mass is 386 g/mol. The second kappa shape index (κ2) is 10.1. The summed E-state index contributed by atoms with van der Waals surface area (Å²) in [6.45, 7) is 1.75. The Hall–Kier alpha value is -3.17. The van der Waals surface area contributed by atoms with Crippen molar-refractivity contribution in [3.63, 3.8) is 0 Å². The first-order chi connectivity index (χ1) is 13.0. The number of rotatable bonds is 6. The third kappa shape index (κ3) is 6.57. The zero-order valence-corrected chi connectivity index (χ0v) is 15.7. The van der Waals surface area contributed by atoms with Crippen molar-refractivity contribution in [3.8, 4) is 23.3 Å². The summed E-state index contributed by atoms with van der Waals surface area (Å²) in [6.07, 6.45) is 0. The first kappa shape index (κ1) is 20.1. The molecule has 0 saturated heterocycles. The van der Waals surface area contributed by atoms with Crippen LogP contribution in [0.15, 0.2) is 42.5 Å². The van der Waals surface area contributed by atoms with Crippen LogP contribution in [0.1, 0.15) is 17.3 Å². The summed E-state index contributed by atoms with van der Waals surface area (Å²) < 4.78 is 10.6. The molecule has 0 heterocycles. The van der Waals surface area contributed by atoms with Crippen LogP contribution in [0.5, 0.6) is 11.5 Å². The molecule has 0 aliphatic carbocycles. The standard InChI is InChI=1S/C20H19ClN2O4/c1-14(24)23-16-6-5-7-17(13-16)27-11-4-3-10-22-20(25)18-12-15(21)8-9-19(18)26-2/h5-9,12-13H,10-11H2,1-2H3,(H,22,25)(H,23,24). The summed E-state index contributed by atoms with van der Waals surface area (Å²) >= 11 is 5.91. The van der Waals surface area contributed by atoms with E-state index in [9.17, 15) is 9.59 Å². The zero-order chi connectivity index (χ0) is 19.6. The normalized spacial score (nSPS) is 9.59. The molecule has 6 nitrogen and oxygen atoms in total. The lowest BCUT2D eigenvalue weighted by atomic mass is 10.2. The second-order valence-corrected chi connectivity index (χ2v) is 5.81. The molecule has 2 aromatic rings. The predicted molar refractivity (Wildman–Crippen MR) is 104 cm³/mol. The van der Waals surface area contributed by atoms with Crippen molar-refractivity contribution in [2.45, 2.75) is 6.92 Å². The van der Waals surface area contributed by atoms with Gasteiger partial charge >= 0.3 is 0 Å². The van der Waals surface area contributed by atoms with Crippen LogP contribution in [-0.2, 0) is 4.79 Å². The number of benzene rings is 2. The smallest absolute Gasteiger partial charge is 0.255 e. The molecule has 0 fully saturated rings. The maximum Gasteiger partial charge on any atom is 0.255 e. The van der Waals surface area contributed by atoms with Crippen LogP contribution < -0.4 is 20.1 Å². The fraction of sp³-hybridized carbons (Fsp3) is 0.200. The molecule has 0 unspecified atom stereocenters. The van der Waals surface area contributed by atoms with Gasteiger partial charge in [-0.3, -0.25) is 9.59 Å². The highest BCUT2D eigenvalue weighted by Crippen LogP contribution is 2.22. The van der Waals surface area contributed by atoms with Crippen LogP contribution in [0.2, 0.25) is 5.02 Å². The van der Waals surface area contributed by atoms with E-state index in [1.807, 2.05) is 0 Å². The van der Waals surface area contributed by atoms with Crippen molar-refractivity contribution < 1.29 is 19.1 Å². The van der Waals surface area contributed by atoms with Gasteiger partial charge < -0.3 is 20.1 Å². The molecule has 0 atom stereocenters. The number of hydrogen-bond donors (Lipinski definition) is 2. The van der Waals surface area contributed by atoms with Crippen LogP contribution in [0.25, 0.3) is 0 Å². The first-order valence-electron chi connectivity index (χ1n) is 8.07. The van der Waals surface area contributed by atoms with E-state index in [2.05, 4.69) is 22.5 Å². The molecule has 0 aliphatic rings. The average molecular weight is 387 g/mol. The molecule has 0 aromatic heterocycles. The molecular weight excluding hydrogens is 368 g/mol. The Balaban J connectivity index is 1.82. The molecular formula is C20H19ClN2O4. The quantitative estimate of drug-likeness (QED) is 0.748. The van der Waals surface area contributed by atoms with E-state index in [1.165, 1.54) is 20.1 Å². The summed E-state index contributed by atoms with van der Waals surface area (Å²) in [5, 5.41) is 5.80. The van der Waals surface area contributed by atoms with Gasteiger partial charge in [0.05, 0.1) is 19.2 Å². The predicted octanol–water partition coefficient (Wildman–Crippen LogP) is 3.12. The number of carbonyl (C=O) groups is 2. The van der Waals surface area contributed by atoms with Gasteiger partial charge in [-0.25, -0.2) is 0 Å². The van der Waals surface area contributed by atoms with Crippen LogP contribution in [0.3, 0.4) is 0 Å². The molecule has 0 aliphatic heterocycles. The summed E-state index contributed by atoms with van der Waals surface area (Å²) in [7, 11) is 1.48. The van der Waals surface area contributed by atoms with Crippen LogP contribution in [-0.4, -0.2) is 32.1 Å². The van der Waals surface area contributed by atoms with Gasteiger partial charge in [0.25, 0.3) is 5.91 Å². The highest BCUT2D eigenvalue weighted by molar-refractivity contribution is 6.31. The number of methoxy groups -OCH3 is 1. The highest BCUT2D eigenvalue weighted by Gasteiger charge is 2.11. The van der Waals surface area contributed by atoms with Crippen molar-refractivity contribution in [1.29, 1.82) is 0 Å². The highest BCUT2D eigenvalue weighted by atomic mass is 35.5. The Morgan fingerprint density at radius 3 is 2.70 bits per heavy atom. The van der Waals surface area contributed by atoms with Gasteiger partial charge in [-0.05, 0) is 30.3 Å². The number of nitrogens with one attached hydrogen (secondary N) is 2. The van der Waals surface area contributed by atoms with Crippen LogP contribution in [0.4, 0.5) is 5.69 Å². The molecule has 27 heavy (non-hydrogen) atoms. The fourth-order valence-corrected chi connectivity index (χ4v) is 2.35. The van der Waals surface area contributed by atoms with E-state index in [0.717, 1.165) is 0 Å². The minimum Gasteiger partial charge on any atom is -0.496 e. The van der Waals surface area contributed by atoms with Crippen molar-refractivity contribution in [2.75, 3.05) is 25.6 Å². The maximum absolute atomic E-state index is 12.2. The SMILES string of the molecule is COc1ccc(Cl)cc1C(=O)NCC#CCOc1cccc(NC(C)=O)c1. The van der Waals surface area contributed by atoms with Gasteiger partial charge in [0, 0.05) is 23.7 Å².